The van der Waals surface area contributed by atoms with E-state index >= 15 is 0 Å². The van der Waals surface area contributed by atoms with E-state index in [0.717, 1.165) is 29.9 Å². The number of morpholine rings is 1. The molecule has 0 amide bonds. The van der Waals surface area contributed by atoms with Gasteiger partial charge in [-0.3, -0.25) is 0 Å². The van der Waals surface area contributed by atoms with E-state index in [1.807, 2.05) is 18.2 Å². The van der Waals surface area contributed by atoms with Crippen LogP contribution in [0.15, 0.2) is 40.9 Å². The minimum Gasteiger partial charge on any atom is -0.490 e. The van der Waals surface area contributed by atoms with Gasteiger partial charge in [-0.2, -0.15) is 0 Å². The summed E-state index contributed by atoms with van der Waals surface area (Å²) in [6, 6.07) is 12.4. The number of ether oxygens (including phenoxy) is 2. The molecule has 0 aliphatic carbocycles. The molecule has 1 saturated heterocycles. The fourth-order valence-corrected chi connectivity index (χ4v) is 3.08. The van der Waals surface area contributed by atoms with Crippen LogP contribution in [-0.2, 0) is 4.74 Å². The molecule has 1 fully saturated rings. The Balaban J connectivity index is 1.72. The van der Waals surface area contributed by atoms with E-state index in [1.165, 1.54) is 10.8 Å². The van der Waals surface area contributed by atoms with E-state index in [2.05, 4.69) is 46.1 Å². The molecule has 2 aromatic carbocycles. The highest BCUT2D eigenvalue weighted by Crippen LogP contribution is 2.33. The monoisotopic (exact) mass is 335 g/mol. The van der Waals surface area contributed by atoms with Crippen LogP contribution in [0.2, 0.25) is 0 Å². The highest BCUT2D eigenvalue weighted by Gasteiger charge is 2.18. The Morgan fingerprint density at radius 2 is 2.15 bits per heavy atom. The molecular formula is C16H18BrNO2. The van der Waals surface area contributed by atoms with Gasteiger partial charge >= 0.3 is 0 Å². The van der Waals surface area contributed by atoms with Crippen LogP contribution in [0.4, 0.5) is 0 Å². The Bertz CT molecular complexity index is 602. The van der Waals surface area contributed by atoms with Crippen LogP contribution >= 0.6 is 15.9 Å². The van der Waals surface area contributed by atoms with Crippen LogP contribution in [0, 0.1) is 0 Å². The van der Waals surface area contributed by atoms with Gasteiger partial charge in [-0.15, -0.1) is 0 Å². The molecule has 1 unspecified atom stereocenters. The number of hydrogen-bond donors (Lipinski definition) is 0. The SMILES string of the molecule is CN1CCOC(COc2ccc3ccccc3c2Br)C1. The molecule has 0 bridgehead atoms. The van der Waals surface area contributed by atoms with Gasteiger partial charge in [0.15, 0.2) is 0 Å². The number of halogens is 1. The minimum atomic E-state index is 0.145. The number of likely N-dealkylation sites (N-methyl/N-ethyl adjacent to an activating group) is 1. The lowest BCUT2D eigenvalue weighted by molar-refractivity contribution is -0.0404. The molecule has 0 N–H and O–H groups in total. The third kappa shape index (κ3) is 2.97. The lowest BCUT2D eigenvalue weighted by atomic mass is 10.1. The Morgan fingerprint density at radius 3 is 3.00 bits per heavy atom. The molecule has 0 aromatic heterocycles. The Morgan fingerprint density at radius 1 is 1.30 bits per heavy atom. The molecule has 1 atom stereocenters. The third-order valence-corrected chi connectivity index (χ3v) is 4.41. The van der Waals surface area contributed by atoms with Gasteiger partial charge in [0.05, 0.1) is 11.1 Å². The predicted molar refractivity (Wildman–Crippen MR) is 84.4 cm³/mol. The Labute approximate surface area is 127 Å². The summed E-state index contributed by atoms with van der Waals surface area (Å²) >= 11 is 3.64. The zero-order chi connectivity index (χ0) is 13.9. The van der Waals surface area contributed by atoms with E-state index in [1.54, 1.807) is 0 Å². The van der Waals surface area contributed by atoms with Crippen molar-refractivity contribution in [3.8, 4) is 5.75 Å². The second-order valence-electron chi connectivity index (χ2n) is 5.16. The zero-order valence-electron chi connectivity index (χ0n) is 11.5. The van der Waals surface area contributed by atoms with Crippen LogP contribution in [0.5, 0.6) is 5.75 Å². The second kappa shape index (κ2) is 6.12. The first-order valence-corrected chi connectivity index (χ1v) is 7.63. The van der Waals surface area contributed by atoms with Gasteiger partial charge in [-0.1, -0.05) is 30.3 Å². The number of nitrogens with zero attached hydrogens (tertiary/aromatic N) is 1. The van der Waals surface area contributed by atoms with Crippen molar-refractivity contribution in [2.45, 2.75) is 6.10 Å². The van der Waals surface area contributed by atoms with E-state index in [0.29, 0.717) is 6.61 Å². The van der Waals surface area contributed by atoms with Crippen molar-refractivity contribution >= 4 is 26.7 Å². The highest BCUT2D eigenvalue weighted by molar-refractivity contribution is 9.10. The minimum absolute atomic E-state index is 0.145. The van der Waals surface area contributed by atoms with Gasteiger partial charge in [0.2, 0.25) is 0 Å². The van der Waals surface area contributed by atoms with Gasteiger partial charge in [-0.25, -0.2) is 0 Å². The summed E-state index contributed by atoms with van der Waals surface area (Å²) in [5, 5.41) is 2.38. The van der Waals surface area contributed by atoms with E-state index in [-0.39, 0.29) is 6.10 Å². The third-order valence-electron chi connectivity index (χ3n) is 3.59. The van der Waals surface area contributed by atoms with E-state index in [4.69, 9.17) is 9.47 Å². The van der Waals surface area contributed by atoms with Crippen molar-refractivity contribution in [2.24, 2.45) is 0 Å². The topological polar surface area (TPSA) is 21.7 Å². The number of hydrogen-bond acceptors (Lipinski definition) is 3. The van der Waals surface area contributed by atoms with Crippen LogP contribution in [0.25, 0.3) is 10.8 Å². The molecule has 1 aliphatic heterocycles. The smallest absolute Gasteiger partial charge is 0.134 e. The van der Waals surface area contributed by atoms with Gasteiger partial charge in [0.1, 0.15) is 18.5 Å². The largest absolute Gasteiger partial charge is 0.490 e. The molecule has 0 radical (unpaired) electrons. The van der Waals surface area contributed by atoms with Crippen molar-refractivity contribution in [3.05, 3.63) is 40.9 Å². The van der Waals surface area contributed by atoms with Crippen molar-refractivity contribution in [1.29, 1.82) is 0 Å². The van der Waals surface area contributed by atoms with Crippen LogP contribution < -0.4 is 4.74 Å². The lowest BCUT2D eigenvalue weighted by Gasteiger charge is -2.30. The number of fused-ring (bicyclic) bond motifs is 1. The molecule has 20 heavy (non-hydrogen) atoms. The molecule has 3 nitrogen and oxygen atoms in total. The summed E-state index contributed by atoms with van der Waals surface area (Å²) in [7, 11) is 2.11. The Hall–Kier alpha value is -1.10. The first kappa shape index (κ1) is 13.9. The summed E-state index contributed by atoms with van der Waals surface area (Å²) < 4.78 is 12.7. The number of rotatable bonds is 3. The van der Waals surface area contributed by atoms with Gasteiger partial charge < -0.3 is 14.4 Å². The molecular weight excluding hydrogens is 318 g/mol. The van der Waals surface area contributed by atoms with Gasteiger partial charge in [-0.05, 0) is 39.8 Å². The first-order chi connectivity index (χ1) is 9.74. The fraction of sp³-hybridized carbons (Fsp3) is 0.375. The predicted octanol–water partition coefficient (Wildman–Crippen LogP) is 3.31. The van der Waals surface area contributed by atoms with Gasteiger partial charge in [0.25, 0.3) is 0 Å². The molecule has 4 heteroatoms. The van der Waals surface area contributed by atoms with Crippen LogP contribution in [-0.4, -0.2) is 44.4 Å². The van der Waals surface area contributed by atoms with E-state index in [9.17, 15) is 0 Å². The fourth-order valence-electron chi connectivity index (χ4n) is 2.48. The second-order valence-corrected chi connectivity index (χ2v) is 5.96. The van der Waals surface area contributed by atoms with Crippen molar-refractivity contribution < 1.29 is 9.47 Å². The van der Waals surface area contributed by atoms with Crippen molar-refractivity contribution in [1.82, 2.24) is 4.90 Å². The maximum atomic E-state index is 5.93. The van der Waals surface area contributed by atoms with Gasteiger partial charge in [0, 0.05) is 13.1 Å². The summed E-state index contributed by atoms with van der Waals surface area (Å²) in [6.45, 7) is 3.28. The zero-order valence-corrected chi connectivity index (χ0v) is 13.1. The molecule has 2 aromatic rings. The maximum Gasteiger partial charge on any atom is 0.134 e. The molecule has 3 rings (SSSR count). The molecule has 1 heterocycles. The van der Waals surface area contributed by atoms with E-state index < -0.39 is 0 Å². The number of benzene rings is 2. The van der Waals surface area contributed by atoms with Crippen LogP contribution in [0.1, 0.15) is 0 Å². The summed E-state index contributed by atoms with van der Waals surface area (Å²) in [5.74, 6) is 0.875. The quantitative estimate of drug-likeness (QED) is 0.858. The molecule has 0 spiro atoms. The average molecular weight is 336 g/mol. The van der Waals surface area contributed by atoms with Crippen LogP contribution in [0.3, 0.4) is 0 Å². The highest BCUT2D eigenvalue weighted by atomic mass is 79.9. The van der Waals surface area contributed by atoms with Crippen molar-refractivity contribution in [2.75, 3.05) is 33.4 Å². The maximum absolute atomic E-state index is 5.93. The summed E-state index contributed by atoms with van der Waals surface area (Å²) in [5.41, 5.74) is 0. The first-order valence-electron chi connectivity index (χ1n) is 6.84. The average Bonchev–Trinajstić information content (AvgIpc) is 2.47. The Kier molecular flexibility index (Phi) is 4.24. The molecule has 1 aliphatic rings. The summed E-state index contributed by atoms with van der Waals surface area (Å²) in [6.07, 6.45) is 0.145. The lowest BCUT2D eigenvalue weighted by Crippen LogP contribution is -2.42. The molecule has 0 saturated carbocycles. The normalized spacial score (nSPS) is 20.2. The molecule has 106 valence electrons. The summed E-state index contributed by atoms with van der Waals surface area (Å²) in [4.78, 5) is 2.27. The standard InChI is InChI=1S/C16H18BrNO2/c1-18-8-9-19-13(10-18)11-20-15-7-6-12-4-2-3-5-14(12)16(15)17/h2-7,13H,8-11H2,1H3. The van der Waals surface area contributed by atoms with Crippen molar-refractivity contribution in [3.63, 3.8) is 0 Å².